The third kappa shape index (κ3) is 4.24. The van der Waals surface area contributed by atoms with E-state index >= 15 is 0 Å². The lowest BCUT2D eigenvalue weighted by Crippen LogP contribution is -2.32. The van der Waals surface area contributed by atoms with Gasteiger partial charge in [0.25, 0.3) is 0 Å². The Labute approximate surface area is 145 Å². The third-order valence-corrected chi connectivity index (χ3v) is 4.40. The Bertz CT molecular complexity index is 715. The first-order valence-corrected chi connectivity index (χ1v) is 8.84. The molecule has 0 atom stereocenters. The number of hydrogen-bond acceptors (Lipinski definition) is 6. The highest BCUT2D eigenvalue weighted by Crippen LogP contribution is 2.36. The zero-order valence-electron chi connectivity index (χ0n) is 13.8. The molecule has 0 radical (unpaired) electrons. The van der Waals surface area contributed by atoms with Crippen molar-refractivity contribution in [2.24, 2.45) is 0 Å². The fraction of sp³-hybridized carbons (Fsp3) is 0.412. The number of nitrogens with zero attached hydrogens (tertiary/aromatic N) is 1. The number of thiazole rings is 1. The second-order valence-electron chi connectivity index (χ2n) is 5.86. The van der Waals surface area contributed by atoms with Crippen molar-refractivity contribution in [2.75, 3.05) is 13.3 Å². The molecule has 128 valence electrons. The molecule has 0 unspecified atom stereocenters. The van der Waals surface area contributed by atoms with Crippen molar-refractivity contribution in [1.82, 2.24) is 15.6 Å². The molecule has 3 rings (SSSR count). The van der Waals surface area contributed by atoms with Crippen LogP contribution in [0.15, 0.2) is 23.6 Å². The Morgan fingerprint density at radius 3 is 3.00 bits per heavy atom. The van der Waals surface area contributed by atoms with E-state index in [1.54, 1.807) is 11.3 Å². The first kappa shape index (κ1) is 16.7. The summed E-state index contributed by atoms with van der Waals surface area (Å²) in [7, 11) is 0. The van der Waals surface area contributed by atoms with Crippen LogP contribution in [0.1, 0.15) is 26.0 Å². The van der Waals surface area contributed by atoms with Crippen LogP contribution in [0.4, 0.5) is 0 Å². The van der Waals surface area contributed by atoms with E-state index in [4.69, 9.17) is 9.47 Å². The predicted molar refractivity (Wildman–Crippen MR) is 93.3 cm³/mol. The van der Waals surface area contributed by atoms with Crippen molar-refractivity contribution < 1.29 is 14.3 Å². The zero-order chi connectivity index (χ0) is 16.9. The normalized spacial score (nSPS) is 12.6. The Balaban J connectivity index is 1.50. The van der Waals surface area contributed by atoms with Gasteiger partial charge in [-0.15, -0.1) is 11.3 Å². The number of carbonyl (C=O) groups excluding carboxylic acids is 1. The lowest BCUT2D eigenvalue weighted by atomic mass is 10.2. The third-order valence-electron chi connectivity index (χ3n) is 3.46. The Morgan fingerprint density at radius 2 is 2.17 bits per heavy atom. The van der Waals surface area contributed by atoms with Gasteiger partial charge in [-0.05, 0) is 32.0 Å². The van der Waals surface area contributed by atoms with Crippen LogP contribution < -0.4 is 20.1 Å². The van der Waals surface area contributed by atoms with E-state index in [1.165, 1.54) is 0 Å². The van der Waals surface area contributed by atoms with Crippen molar-refractivity contribution in [1.29, 1.82) is 0 Å². The second-order valence-corrected chi connectivity index (χ2v) is 6.72. The number of hydrogen-bond donors (Lipinski definition) is 2. The quantitative estimate of drug-likeness (QED) is 0.753. The van der Waals surface area contributed by atoms with Crippen LogP contribution in [0, 0.1) is 0 Å². The van der Waals surface area contributed by atoms with E-state index in [1.807, 2.05) is 37.4 Å². The van der Waals surface area contributed by atoms with E-state index in [0.29, 0.717) is 19.5 Å². The van der Waals surface area contributed by atoms with E-state index in [0.717, 1.165) is 27.8 Å². The summed E-state index contributed by atoms with van der Waals surface area (Å²) < 4.78 is 10.7. The Morgan fingerprint density at radius 1 is 1.33 bits per heavy atom. The highest BCUT2D eigenvalue weighted by molar-refractivity contribution is 7.13. The van der Waals surface area contributed by atoms with Gasteiger partial charge in [0.05, 0.1) is 5.69 Å². The minimum Gasteiger partial charge on any atom is -0.454 e. The molecule has 0 saturated carbocycles. The summed E-state index contributed by atoms with van der Waals surface area (Å²) >= 11 is 1.59. The number of amides is 1. The molecular formula is C17H21N3O3S. The average Bonchev–Trinajstić information content (AvgIpc) is 3.19. The first-order chi connectivity index (χ1) is 11.6. The van der Waals surface area contributed by atoms with Crippen LogP contribution in [0.3, 0.4) is 0 Å². The summed E-state index contributed by atoms with van der Waals surface area (Å²) in [6.07, 6.45) is 0.470. The molecular weight excluding hydrogens is 326 g/mol. The molecule has 0 spiro atoms. The molecule has 0 saturated heterocycles. The van der Waals surface area contributed by atoms with Crippen LogP contribution >= 0.6 is 11.3 Å². The van der Waals surface area contributed by atoms with Gasteiger partial charge in [-0.2, -0.15) is 0 Å². The van der Waals surface area contributed by atoms with Gasteiger partial charge in [-0.25, -0.2) is 4.98 Å². The number of rotatable bonds is 7. The maximum Gasteiger partial charge on any atom is 0.231 e. The van der Waals surface area contributed by atoms with Crippen molar-refractivity contribution in [3.63, 3.8) is 0 Å². The molecule has 1 amide bonds. The highest BCUT2D eigenvalue weighted by atomic mass is 32.1. The maximum absolute atomic E-state index is 11.6. The molecule has 6 nitrogen and oxygen atoms in total. The molecule has 24 heavy (non-hydrogen) atoms. The van der Waals surface area contributed by atoms with Crippen LogP contribution in [0.25, 0.3) is 10.6 Å². The molecule has 1 aromatic carbocycles. The predicted octanol–water partition coefficient (Wildman–Crippen LogP) is 2.54. The highest BCUT2D eigenvalue weighted by Gasteiger charge is 2.15. The molecule has 1 aliphatic heterocycles. The first-order valence-electron chi connectivity index (χ1n) is 7.96. The number of ether oxygens (including phenoxy) is 2. The number of aromatic nitrogens is 1. The molecule has 2 heterocycles. The molecule has 2 aromatic rings. The lowest BCUT2D eigenvalue weighted by Gasteiger charge is -2.08. The topological polar surface area (TPSA) is 72.5 Å². The van der Waals surface area contributed by atoms with E-state index in [9.17, 15) is 4.79 Å². The minimum absolute atomic E-state index is 0.0665. The van der Waals surface area contributed by atoms with Crippen LogP contribution in [-0.2, 0) is 11.3 Å². The standard InChI is InChI=1S/C17H21N3O3S/c1-11(2)19-16(21)5-6-18-8-13-9-24-17(20-13)12-3-4-14-15(7-12)23-10-22-14/h3-4,7,9,11,18H,5-6,8,10H2,1-2H3,(H,19,21). The minimum atomic E-state index is 0.0665. The summed E-state index contributed by atoms with van der Waals surface area (Å²) in [6, 6.07) is 6.03. The number of nitrogens with one attached hydrogen (secondary N) is 2. The van der Waals surface area contributed by atoms with Crippen molar-refractivity contribution in [3.05, 3.63) is 29.3 Å². The SMILES string of the molecule is CC(C)NC(=O)CCNCc1csc(-c2ccc3c(c2)OCO3)n1. The van der Waals surface area contributed by atoms with E-state index in [2.05, 4.69) is 15.6 Å². The molecule has 0 fully saturated rings. The molecule has 1 aliphatic rings. The zero-order valence-corrected chi connectivity index (χ0v) is 14.6. The average molecular weight is 347 g/mol. The summed E-state index contributed by atoms with van der Waals surface area (Å²) in [5.74, 6) is 1.60. The number of carbonyl (C=O) groups is 1. The largest absolute Gasteiger partial charge is 0.454 e. The number of benzene rings is 1. The van der Waals surface area contributed by atoms with Gasteiger partial charge < -0.3 is 20.1 Å². The van der Waals surface area contributed by atoms with Crippen molar-refractivity contribution in [3.8, 4) is 22.1 Å². The van der Waals surface area contributed by atoms with Gasteiger partial charge in [0.2, 0.25) is 12.7 Å². The summed E-state index contributed by atoms with van der Waals surface area (Å²) in [6.45, 7) is 5.47. The summed E-state index contributed by atoms with van der Waals surface area (Å²) in [4.78, 5) is 16.2. The van der Waals surface area contributed by atoms with Gasteiger partial charge in [0, 0.05) is 36.5 Å². The second kappa shape index (κ2) is 7.63. The van der Waals surface area contributed by atoms with Gasteiger partial charge >= 0.3 is 0 Å². The molecule has 7 heteroatoms. The van der Waals surface area contributed by atoms with Gasteiger partial charge in [0.1, 0.15) is 5.01 Å². The van der Waals surface area contributed by atoms with Gasteiger partial charge in [-0.1, -0.05) is 0 Å². The Kier molecular flexibility index (Phi) is 5.32. The van der Waals surface area contributed by atoms with Crippen molar-refractivity contribution in [2.45, 2.75) is 32.9 Å². The molecule has 2 N–H and O–H groups in total. The van der Waals surface area contributed by atoms with Crippen LogP contribution in [-0.4, -0.2) is 30.3 Å². The van der Waals surface area contributed by atoms with Gasteiger partial charge in [0.15, 0.2) is 11.5 Å². The summed E-state index contributed by atoms with van der Waals surface area (Å²) in [5, 5.41) is 9.10. The lowest BCUT2D eigenvalue weighted by molar-refractivity contribution is -0.121. The van der Waals surface area contributed by atoms with Gasteiger partial charge in [-0.3, -0.25) is 4.79 Å². The van der Waals surface area contributed by atoms with Crippen LogP contribution in [0.5, 0.6) is 11.5 Å². The van der Waals surface area contributed by atoms with E-state index < -0.39 is 0 Å². The van der Waals surface area contributed by atoms with Crippen LogP contribution in [0.2, 0.25) is 0 Å². The van der Waals surface area contributed by atoms with E-state index in [-0.39, 0.29) is 18.7 Å². The molecule has 1 aromatic heterocycles. The maximum atomic E-state index is 11.6. The fourth-order valence-electron chi connectivity index (χ4n) is 2.36. The molecule has 0 bridgehead atoms. The Hall–Kier alpha value is -2.12. The fourth-order valence-corrected chi connectivity index (χ4v) is 3.18. The number of fused-ring (bicyclic) bond motifs is 1. The smallest absolute Gasteiger partial charge is 0.231 e. The summed E-state index contributed by atoms with van der Waals surface area (Å²) in [5.41, 5.74) is 1.99. The molecule has 0 aliphatic carbocycles. The van der Waals surface area contributed by atoms with Crippen molar-refractivity contribution >= 4 is 17.2 Å². The monoisotopic (exact) mass is 347 g/mol.